The third kappa shape index (κ3) is 4.59. The highest BCUT2D eigenvalue weighted by Gasteiger charge is 2.19. The van der Waals surface area contributed by atoms with Crippen LogP contribution < -0.4 is 15.2 Å². The molecule has 2 N–H and O–H groups in total. The van der Waals surface area contributed by atoms with Gasteiger partial charge in [0.1, 0.15) is 0 Å². The Morgan fingerprint density at radius 1 is 1.36 bits per heavy atom. The normalized spacial score (nSPS) is 10.5. The van der Waals surface area contributed by atoms with E-state index >= 15 is 0 Å². The van der Waals surface area contributed by atoms with Gasteiger partial charge in [-0.1, -0.05) is 22.8 Å². The van der Waals surface area contributed by atoms with E-state index in [2.05, 4.69) is 10.1 Å². The van der Waals surface area contributed by atoms with Gasteiger partial charge in [0, 0.05) is 0 Å². The second kappa shape index (κ2) is 8.72. The first-order chi connectivity index (χ1) is 13.5. The molecule has 0 bridgehead atoms. The van der Waals surface area contributed by atoms with Crippen LogP contribution >= 0.6 is 22.9 Å². The standard InChI is InChI=1S/C17H14ClN3O6S/c1-24-11-6-9(5-10(18)15(11)25-7-13(19)22)17(23)26-8-14-20-16(21-27-14)12-3-2-4-28-12/h2-6H,7-8H2,1H3,(H2,19,22). The Hall–Kier alpha value is -3.11. The molecule has 1 amide bonds. The van der Waals surface area contributed by atoms with Gasteiger partial charge in [0.2, 0.25) is 5.82 Å². The summed E-state index contributed by atoms with van der Waals surface area (Å²) >= 11 is 7.58. The van der Waals surface area contributed by atoms with Crippen LogP contribution in [0, 0.1) is 0 Å². The predicted molar refractivity (Wildman–Crippen MR) is 99.4 cm³/mol. The highest BCUT2D eigenvalue weighted by molar-refractivity contribution is 7.13. The van der Waals surface area contributed by atoms with Crippen LogP contribution in [-0.2, 0) is 16.1 Å². The molecule has 146 valence electrons. The number of nitrogens with two attached hydrogens (primary N) is 1. The number of primary amides is 1. The molecule has 28 heavy (non-hydrogen) atoms. The minimum absolute atomic E-state index is 0.0605. The molecule has 0 aliphatic heterocycles. The molecular formula is C17H14ClN3O6S. The van der Waals surface area contributed by atoms with E-state index in [9.17, 15) is 9.59 Å². The first-order valence-electron chi connectivity index (χ1n) is 7.80. The summed E-state index contributed by atoms with van der Waals surface area (Å²) in [6.07, 6.45) is 0. The van der Waals surface area contributed by atoms with Crippen LogP contribution in [0.25, 0.3) is 10.7 Å². The molecule has 0 saturated carbocycles. The second-order valence-corrected chi connectivity index (χ2v) is 6.66. The maximum atomic E-state index is 12.3. The Morgan fingerprint density at radius 3 is 2.86 bits per heavy atom. The van der Waals surface area contributed by atoms with Crippen molar-refractivity contribution in [1.29, 1.82) is 0 Å². The molecule has 1 aromatic carbocycles. The van der Waals surface area contributed by atoms with E-state index in [-0.39, 0.29) is 41.2 Å². The summed E-state index contributed by atoms with van der Waals surface area (Å²) in [5.41, 5.74) is 5.16. The lowest BCUT2D eigenvalue weighted by atomic mass is 10.2. The number of carbonyl (C=O) groups is 2. The highest BCUT2D eigenvalue weighted by atomic mass is 35.5. The highest BCUT2D eigenvalue weighted by Crippen LogP contribution is 2.36. The molecule has 3 aromatic rings. The molecule has 0 saturated heterocycles. The molecule has 0 aliphatic rings. The summed E-state index contributed by atoms with van der Waals surface area (Å²) in [4.78, 5) is 28.2. The van der Waals surface area contributed by atoms with Gasteiger partial charge in [-0.2, -0.15) is 4.98 Å². The van der Waals surface area contributed by atoms with Crippen LogP contribution in [0.15, 0.2) is 34.2 Å². The fourth-order valence-electron chi connectivity index (χ4n) is 2.15. The second-order valence-electron chi connectivity index (χ2n) is 5.31. The van der Waals surface area contributed by atoms with Crippen LogP contribution in [-0.4, -0.2) is 35.7 Å². The average Bonchev–Trinajstić information content (AvgIpc) is 3.35. The van der Waals surface area contributed by atoms with E-state index in [1.807, 2.05) is 17.5 Å². The number of aromatic nitrogens is 2. The van der Waals surface area contributed by atoms with Gasteiger partial charge < -0.3 is 24.5 Å². The Labute approximate surface area is 168 Å². The summed E-state index contributed by atoms with van der Waals surface area (Å²) in [5.74, 6) is -0.547. The first-order valence-corrected chi connectivity index (χ1v) is 9.06. The van der Waals surface area contributed by atoms with Crippen LogP contribution in [0.3, 0.4) is 0 Å². The van der Waals surface area contributed by atoms with Gasteiger partial charge in [-0.15, -0.1) is 11.3 Å². The van der Waals surface area contributed by atoms with Crippen molar-refractivity contribution in [3.63, 3.8) is 0 Å². The van der Waals surface area contributed by atoms with Gasteiger partial charge >= 0.3 is 5.97 Å². The van der Waals surface area contributed by atoms with Crippen molar-refractivity contribution in [1.82, 2.24) is 10.1 Å². The molecule has 9 nitrogen and oxygen atoms in total. The molecule has 0 radical (unpaired) electrons. The molecule has 0 spiro atoms. The maximum absolute atomic E-state index is 12.3. The Bertz CT molecular complexity index is 989. The zero-order chi connectivity index (χ0) is 20.1. The summed E-state index contributed by atoms with van der Waals surface area (Å²) in [6, 6.07) is 6.41. The third-order valence-electron chi connectivity index (χ3n) is 3.36. The lowest BCUT2D eigenvalue weighted by Crippen LogP contribution is -2.20. The van der Waals surface area contributed by atoms with Crippen LogP contribution in [0.2, 0.25) is 5.02 Å². The number of hydrogen-bond acceptors (Lipinski definition) is 9. The van der Waals surface area contributed by atoms with Crippen molar-refractivity contribution in [2.45, 2.75) is 6.61 Å². The van der Waals surface area contributed by atoms with E-state index in [1.54, 1.807) is 0 Å². The quantitative estimate of drug-likeness (QED) is 0.548. The number of halogens is 1. The van der Waals surface area contributed by atoms with E-state index in [4.69, 9.17) is 36.1 Å². The monoisotopic (exact) mass is 423 g/mol. The zero-order valence-electron chi connectivity index (χ0n) is 14.5. The van der Waals surface area contributed by atoms with Crippen molar-refractivity contribution in [2.75, 3.05) is 13.7 Å². The van der Waals surface area contributed by atoms with Crippen molar-refractivity contribution in [3.05, 3.63) is 46.1 Å². The number of rotatable bonds is 8. The number of esters is 1. The van der Waals surface area contributed by atoms with Gasteiger partial charge in [0.05, 0.1) is 22.6 Å². The minimum atomic E-state index is -0.683. The van der Waals surface area contributed by atoms with Gasteiger partial charge in [-0.3, -0.25) is 4.79 Å². The number of nitrogens with zero attached hydrogens (tertiary/aromatic N) is 2. The maximum Gasteiger partial charge on any atom is 0.338 e. The Morgan fingerprint density at radius 2 is 2.18 bits per heavy atom. The summed E-state index contributed by atoms with van der Waals surface area (Å²) in [5, 5.41) is 5.78. The van der Waals surface area contributed by atoms with Crippen molar-refractivity contribution >= 4 is 34.8 Å². The molecule has 11 heteroatoms. The van der Waals surface area contributed by atoms with Crippen molar-refractivity contribution < 1.29 is 28.3 Å². The topological polar surface area (TPSA) is 127 Å². The fourth-order valence-corrected chi connectivity index (χ4v) is 3.07. The van der Waals surface area contributed by atoms with Crippen molar-refractivity contribution in [3.8, 4) is 22.2 Å². The van der Waals surface area contributed by atoms with E-state index in [0.29, 0.717) is 5.82 Å². The molecule has 2 heterocycles. The van der Waals surface area contributed by atoms with Gasteiger partial charge in [0.15, 0.2) is 24.7 Å². The van der Waals surface area contributed by atoms with Gasteiger partial charge in [-0.05, 0) is 23.6 Å². The molecule has 0 fully saturated rings. The number of amides is 1. The fraction of sp³-hybridized carbons (Fsp3) is 0.176. The van der Waals surface area contributed by atoms with E-state index < -0.39 is 11.9 Å². The number of ether oxygens (including phenoxy) is 3. The summed E-state index contributed by atoms with van der Waals surface area (Å²) in [6.45, 7) is -0.597. The molecule has 0 aliphatic carbocycles. The Balaban J connectivity index is 1.68. The number of benzene rings is 1. The molecule has 2 aromatic heterocycles. The first kappa shape index (κ1) is 19.6. The zero-order valence-corrected chi connectivity index (χ0v) is 16.1. The SMILES string of the molecule is COc1cc(C(=O)OCc2nc(-c3cccs3)no2)cc(Cl)c1OCC(N)=O. The largest absolute Gasteiger partial charge is 0.493 e. The van der Waals surface area contributed by atoms with Gasteiger partial charge in [0.25, 0.3) is 11.8 Å². The lowest BCUT2D eigenvalue weighted by molar-refractivity contribution is -0.119. The van der Waals surface area contributed by atoms with Gasteiger partial charge in [-0.25, -0.2) is 4.79 Å². The lowest BCUT2D eigenvalue weighted by Gasteiger charge is -2.12. The van der Waals surface area contributed by atoms with E-state index in [1.165, 1.54) is 30.6 Å². The van der Waals surface area contributed by atoms with Crippen LogP contribution in [0.4, 0.5) is 0 Å². The third-order valence-corrected chi connectivity index (χ3v) is 4.51. The van der Waals surface area contributed by atoms with Crippen LogP contribution in [0.1, 0.15) is 16.2 Å². The average molecular weight is 424 g/mol. The molecule has 0 atom stereocenters. The number of carbonyl (C=O) groups excluding carboxylic acids is 2. The summed E-state index contributed by atoms with van der Waals surface area (Å²) < 4.78 is 20.6. The molecule has 3 rings (SSSR count). The molecule has 0 unspecified atom stereocenters. The predicted octanol–water partition coefficient (Wildman–Crippen LogP) is 2.68. The summed E-state index contributed by atoms with van der Waals surface area (Å²) in [7, 11) is 1.36. The molecular weight excluding hydrogens is 410 g/mol. The Kier molecular flexibility index (Phi) is 6.12. The number of thiophene rings is 1. The van der Waals surface area contributed by atoms with Crippen LogP contribution in [0.5, 0.6) is 11.5 Å². The number of methoxy groups -OCH3 is 1. The van der Waals surface area contributed by atoms with E-state index in [0.717, 1.165) is 4.88 Å². The smallest absolute Gasteiger partial charge is 0.338 e. The van der Waals surface area contributed by atoms with Crippen molar-refractivity contribution in [2.24, 2.45) is 5.73 Å². The number of hydrogen-bond donors (Lipinski definition) is 1. The minimum Gasteiger partial charge on any atom is -0.493 e.